The molecule has 0 saturated heterocycles. The maximum Gasteiger partial charge on any atom is 0.139 e. The molecule has 0 aromatic rings. The summed E-state index contributed by atoms with van der Waals surface area (Å²) in [5.74, 6) is 0.587. The lowest BCUT2D eigenvalue weighted by atomic mass is 9.73. The molecule has 1 fully saturated rings. The van der Waals surface area contributed by atoms with Crippen molar-refractivity contribution in [3.05, 3.63) is 12.2 Å². The Morgan fingerprint density at radius 1 is 1.79 bits per heavy atom. The van der Waals surface area contributed by atoms with E-state index in [-0.39, 0.29) is 11.3 Å². The number of ketones is 1. The normalized spacial score (nSPS) is 31.5. The van der Waals surface area contributed by atoms with Crippen molar-refractivity contribution in [1.82, 2.24) is 0 Å². The van der Waals surface area contributed by atoms with E-state index in [0.717, 1.165) is 12.0 Å². The topological polar surface area (TPSA) is 40.9 Å². The molecule has 0 amide bonds. The van der Waals surface area contributed by atoms with Gasteiger partial charge in [0.15, 0.2) is 0 Å². The maximum atomic E-state index is 11.8. The second-order valence-electron chi connectivity index (χ2n) is 4.44. The zero-order chi connectivity index (χ0) is 10.8. The third-order valence-corrected chi connectivity index (χ3v) is 3.42. The van der Waals surface area contributed by atoms with Gasteiger partial charge >= 0.3 is 0 Å². The highest BCUT2D eigenvalue weighted by molar-refractivity contribution is 5.87. The fraction of sp³-hybridized carbons (Fsp3) is 0.667. The summed E-state index contributed by atoms with van der Waals surface area (Å²) in [6, 6.07) is 2.12. The van der Waals surface area contributed by atoms with Crippen LogP contribution in [0.25, 0.3) is 0 Å². The predicted octanol–water partition coefficient (Wildman–Crippen LogP) is 2.85. The van der Waals surface area contributed by atoms with Crippen molar-refractivity contribution < 1.29 is 4.79 Å². The van der Waals surface area contributed by atoms with E-state index >= 15 is 0 Å². The second kappa shape index (κ2) is 3.96. The average Bonchev–Trinajstić information content (AvgIpc) is 2.41. The number of nitrogens with zero attached hydrogens (tertiary/aromatic N) is 1. The standard InChI is InChI=1S/C12H17NO/c1-9(2)10-5-6-11(14)12(10,3)7-4-8-13/h10H,1,4-7H2,2-3H3/t10-,12-/m0/s1. The lowest BCUT2D eigenvalue weighted by molar-refractivity contribution is -0.126. The first-order valence-electron chi connectivity index (χ1n) is 5.08. The molecule has 1 saturated carbocycles. The molecule has 2 atom stereocenters. The first-order valence-corrected chi connectivity index (χ1v) is 5.08. The molecule has 0 heterocycles. The number of hydrogen-bond acceptors (Lipinski definition) is 2. The second-order valence-corrected chi connectivity index (χ2v) is 4.44. The van der Waals surface area contributed by atoms with Gasteiger partial charge in [-0.05, 0) is 25.7 Å². The highest BCUT2D eigenvalue weighted by atomic mass is 16.1. The molecule has 0 aliphatic heterocycles. The van der Waals surface area contributed by atoms with E-state index in [0.29, 0.717) is 25.0 Å². The van der Waals surface area contributed by atoms with Gasteiger partial charge in [-0.3, -0.25) is 4.79 Å². The quantitative estimate of drug-likeness (QED) is 0.643. The van der Waals surface area contributed by atoms with Gasteiger partial charge in [0.05, 0.1) is 6.07 Å². The molecule has 2 nitrogen and oxygen atoms in total. The van der Waals surface area contributed by atoms with Gasteiger partial charge in [0.1, 0.15) is 5.78 Å². The van der Waals surface area contributed by atoms with Crippen molar-refractivity contribution in [2.24, 2.45) is 11.3 Å². The third-order valence-electron chi connectivity index (χ3n) is 3.42. The Morgan fingerprint density at radius 2 is 2.43 bits per heavy atom. The lowest BCUT2D eigenvalue weighted by Gasteiger charge is -2.29. The molecule has 1 aliphatic rings. The van der Waals surface area contributed by atoms with E-state index in [4.69, 9.17) is 5.26 Å². The van der Waals surface area contributed by atoms with Crippen LogP contribution in [-0.4, -0.2) is 5.78 Å². The van der Waals surface area contributed by atoms with E-state index in [1.165, 1.54) is 0 Å². The summed E-state index contributed by atoms with van der Waals surface area (Å²) < 4.78 is 0. The molecule has 1 rings (SSSR count). The summed E-state index contributed by atoms with van der Waals surface area (Å²) in [4.78, 5) is 11.8. The van der Waals surface area contributed by atoms with Gasteiger partial charge in [0.25, 0.3) is 0 Å². The van der Waals surface area contributed by atoms with Crippen molar-refractivity contribution >= 4 is 5.78 Å². The molecular formula is C12H17NO. The minimum Gasteiger partial charge on any atom is -0.299 e. The number of Topliss-reactive ketones (excluding diaryl/α,β-unsaturated/α-hetero) is 1. The number of allylic oxidation sites excluding steroid dienone is 1. The Labute approximate surface area is 85.6 Å². The van der Waals surface area contributed by atoms with Gasteiger partial charge in [-0.1, -0.05) is 19.1 Å². The van der Waals surface area contributed by atoms with Crippen molar-refractivity contribution in [2.75, 3.05) is 0 Å². The van der Waals surface area contributed by atoms with Crippen LogP contribution in [0.1, 0.15) is 39.5 Å². The Kier molecular flexibility index (Phi) is 3.10. The first kappa shape index (κ1) is 11.0. The van der Waals surface area contributed by atoms with Crippen LogP contribution in [0.5, 0.6) is 0 Å². The van der Waals surface area contributed by atoms with Gasteiger partial charge in [0.2, 0.25) is 0 Å². The van der Waals surface area contributed by atoms with E-state index in [2.05, 4.69) is 12.6 Å². The Bertz CT molecular complexity index is 300. The summed E-state index contributed by atoms with van der Waals surface area (Å²) in [6.07, 6.45) is 2.71. The molecule has 0 radical (unpaired) electrons. The van der Waals surface area contributed by atoms with Crippen LogP contribution in [0.4, 0.5) is 0 Å². The van der Waals surface area contributed by atoms with Gasteiger partial charge in [-0.25, -0.2) is 0 Å². The molecule has 0 spiro atoms. The zero-order valence-corrected chi connectivity index (χ0v) is 8.97. The summed E-state index contributed by atoms with van der Waals surface area (Å²) >= 11 is 0. The predicted molar refractivity (Wildman–Crippen MR) is 55.5 cm³/mol. The molecular weight excluding hydrogens is 174 g/mol. The molecule has 2 heteroatoms. The first-order chi connectivity index (χ1) is 6.52. The summed E-state index contributed by atoms with van der Waals surface area (Å²) in [6.45, 7) is 7.91. The summed E-state index contributed by atoms with van der Waals surface area (Å²) in [5, 5.41) is 8.57. The van der Waals surface area contributed by atoms with Gasteiger partial charge < -0.3 is 0 Å². The van der Waals surface area contributed by atoms with Crippen LogP contribution >= 0.6 is 0 Å². The number of nitriles is 1. The van der Waals surface area contributed by atoms with Crippen LogP contribution in [0.3, 0.4) is 0 Å². The highest BCUT2D eigenvalue weighted by Crippen LogP contribution is 2.46. The zero-order valence-electron chi connectivity index (χ0n) is 8.97. The molecule has 76 valence electrons. The number of hydrogen-bond donors (Lipinski definition) is 0. The molecule has 0 bridgehead atoms. The SMILES string of the molecule is C=C(C)[C@@H]1CCC(=O)[C@@]1(C)CCC#N. The molecule has 0 aromatic heterocycles. The van der Waals surface area contributed by atoms with Gasteiger partial charge in [0, 0.05) is 18.3 Å². The number of carbonyl (C=O) groups is 1. The van der Waals surface area contributed by atoms with Crippen molar-refractivity contribution in [2.45, 2.75) is 39.5 Å². The summed E-state index contributed by atoms with van der Waals surface area (Å²) in [5.41, 5.74) is 0.762. The monoisotopic (exact) mass is 191 g/mol. The van der Waals surface area contributed by atoms with E-state index in [1.54, 1.807) is 0 Å². The fourth-order valence-corrected chi connectivity index (χ4v) is 2.49. The molecule has 0 aromatic carbocycles. The molecule has 0 N–H and O–H groups in total. The Hall–Kier alpha value is -1.10. The van der Waals surface area contributed by atoms with Gasteiger partial charge in [-0.15, -0.1) is 0 Å². The van der Waals surface area contributed by atoms with Crippen LogP contribution in [0, 0.1) is 22.7 Å². The van der Waals surface area contributed by atoms with E-state index < -0.39 is 0 Å². The van der Waals surface area contributed by atoms with E-state index in [9.17, 15) is 4.79 Å². The highest BCUT2D eigenvalue weighted by Gasteiger charge is 2.45. The lowest BCUT2D eigenvalue weighted by Crippen LogP contribution is -2.29. The Morgan fingerprint density at radius 3 is 2.93 bits per heavy atom. The van der Waals surface area contributed by atoms with Crippen molar-refractivity contribution in [3.63, 3.8) is 0 Å². The molecule has 14 heavy (non-hydrogen) atoms. The smallest absolute Gasteiger partial charge is 0.139 e. The fourth-order valence-electron chi connectivity index (χ4n) is 2.49. The molecule has 0 unspecified atom stereocenters. The summed E-state index contributed by atoms with van der Waals surface area (Å²) in [7, 11) is 0. The third kappa shape index (κ3) is 1.72. The van der Waals surface area contributed by atoms with Crippen LogP contribution in [0.2, 0.25) is 0 Å². The average molecular weight is 191 g/mol. The van der Waals surface area contributed by atoms with Crippen LogP contribution in [0.15, 0.2) is 12.2 Å². The minimum atomic E-state index is -0.318. The van der Waals surface area contributed by atoms with Crippen molar-refractivity contribution in [3.8, 4) is 6.07 Å². The number of carbonyl (C=O) groups excluding carboxylic acids is 1. The van der Waals surface area contributed by atoms with Gasteiger partial charge in [-0.2, -0.15) is 5.26 Å². The Balaban J connectivity index is 2.84. The van der Waals surface area contributed by atoms with E-state index in [1.807, 2.05) is 13.8 Å². The van der Waals surface area contributed by atoms with Crippen molar-refractivity contribution in [1.29, 1.82) is 5.26 Å². The minimum absolute atomic E-state index is 0.281. The van der Waals surface area contributed by atoms with Crippen LogP contribution < -0.4 is 0 Å². The van der Waals surface area contributed by atoms with Crippen LogP contribution in [-0.2, 0) is 4.79 Å². The molecule has 1 aliphatic carbocycles. The maximum absolute atomic E-state index is 11.8. The number of rotatable bonds is 3. The largest absolute Gasteiger partial charge is 0.299 e.